The Kier molecular flexibility index (Phi) is 6.79. The number of hydrogen-bond donors (Lipinski definition) is 1. The van der Waals surface area contributed by atoms with E-state index in [0.717, 1.165) is 32.5 Å². The number of halogens is 4. The summed E-state index contributed by atoms with van der Waals surface area (Å²) < 4.78 is 63.8. The number of furan rings is 1. The summed E-state index contributed by atoms with van der Waals surface area (Å²) in [5.41, 5.74) is 0. The molecule has 1 N–H and O–H groups in total. The smallest absolute Gasteiger partial charge is 0.287 e. The number of nitrogens with one attached hydrogen (secondary N) is 1. The first kappa shape index (κ1) is 21.2. The number of carbonyl (C=O) groups excluding carboxylic acids is 1. The predicted molar refractivity (Wildman–Crippen MR) is 96.5 cm³/mol. The number of amides is 1. The summed E-state index contributed by atoms with van der Waals surface area (Å²) in [6.45, 7) is 4.13. The van der Waals surface area contributed by atoms with Crippen molar-refractivity contribution < 1.29 is 31.5 Å². The van der Waals surface area contributed by atoms with Gasteiger partial charge in [0, 0.05) is 18.7 Å². The molecule has 5 nitrogen and oxygen atoms in total. The summed E-state index contributed by atoms with van der Waals surface area (Å²) in [4.78, 5) is 14.6. The second-order valence-corrected chi connectivity index (χ2v) is 7.09. The van der Waals surface area contributed by atoms with Gasteiger partial charge < -0.3 is 19.4 Å². The van der Waals surface area contributed by atoms with Crippen molar-refractivity contribution in [2.75, 3.05) is 19.6 Å². The average molecular weight is 414 g/mol. The fourth-order valence-corrected chi connectivity index (χ4v) is 3.27. The number of nitrogens with zero attached hydrogens (tertiary/aromatic N) is 1. The Labute approximate surface area is 165 Å². The van der Waals surface area contributed by atoms with Crippen molar-refractivity contribution in [1.82, 2.24) is 10.2 Å². The standard InChI is InChI=1S/C20H22F4N2O3/c1-12(10-26-7-3-2-4-8-26)25-20(27)16-6-5-13(29-16)11-28-19-17(23)14(21)9-15(22)18(19)24/h5-6,9,12H,2-4,7-8,10-11H2,1H3,(H,25,27)/t12-/m0/s1. The summed E-state index contributed by atoms with van der Waals surface area (Å²) in [6, 6.07) is 2.78. The van der Waals surface area contributed by atoms with Crippen LogP contribution in [0.4, 0.5) is 17.6 Å². The summed E-state index contributed by atoms with van der Waals surface area (Å²) in [6.07, 6.45) is 3.53. The molecule has 1 aromatic carbocycles. The molecule has 1 atom stereocenters. The monoisotopic (exact) mass is 414 g/mol. The van der Waals surface area contributed by atoms with Crippen LogP contribution in [0.2, 0.25) is 0 Å². The summed E-state index contributed by atoms with van der Waals surface area (Å²) in [5.74, 6) is -7.96. The Bertz CT molecular complexity index is 839. The highest BCUT2D eigenvalue weighted by molar-refractivity contribution is 5.91. The largest absolute Gasteiger partial charge is 0.479 e. The van der Waals surface area contributed by atoms with E-state index < -0.39 is 41.5 Å². The minimum atomic E-state index is -1.64. The molecule has 9 heteroatoms. The van der Waals surface area contributed by atoms with Gasteiger partial charge in [-0.2, -0.15) is 8.78 Å². The van der Waals surface area contributed by atoms with Gasteiger partial charge in [0.25, 0.3) is 5.91 Å². The predicted octanol–water partition coefficient (Wildman–Crippen LogP) is 4.02. The van der Waals surface area contributed by atoms with E-state index in [1.165, 1.54) is 18.6 Å². The molecule has 1 amide bonds. The lowest BCUT2D eigenvalue weighted by Crippen LogP contribution is -2.43. The highest BCUT2D eigenvalue weighted by Crippen LogP contribution is 2.27. The highest BCUT2D eigenvalue weighted by atomic mass is 19.2. The van der Waals surface area contributed by atoms with Crippen LogP contribution in [0.25, 0.3) is 0 Å². The first-order valence-corrected chi connectivity index (χ1v) is 9.43. The Hall–Kier alpha value is -2.55. The molecule has 1 fully saturated rings. The Morgan fingerprint density at radius 1 is 1.14 bits per heavy atom. The number of benzene rings is 1. The minimum absolute atomic E-state index is 0.000427. The van der Waals surface area contributed by atoms with Gasteiger partial charge in [-0.05, 0) is 45.0 Å². The molecule has 2 heterocycles. The van der Waals surface area contributed by atoms with E-state index in [-0.39, 0.29) is 23.6 Å². The lowest BCUT2D eigenvalue weighted by Gasteiger charge is -2.29. The SMILES string of the molecule is C[C@@H](CN1CCCCC1)NC(=O)c1ccc(COc2c(F)c(F)cc(F)c2F)o1. The van der Waals surface area contributed by atoms with E-state index in [0.29, 0.717) is 0 Å². The Balaban J connectivity index is 1.56. The number of hydrogen-bond acceptors (Lipinski definition) is 4. The van der Waals surface area contributed by atoms with Crippen LogP contribution in [0.1, 0.15) is 42.5 Å². The van der Waals surface area contributed by atoms with Gasteiger partial charge in [-0.1, -0.05) is 6.42 Å². The zero-order valence-electron chi connectivity index (χ0n) is 15.9. The van der Waals surface area contributed by atoms with E-state index in [9.17, 15) is 22.4 Å². The van der Waals surface area contributed by atoms with Crippen molar-refractivity contribution in [2.24, 2.45) is 0 Å². The molecule has 1 saturated heterocycles. The van der Waals surface area contributed by atoms with Crippen LogP contribution in [0.5, 0.6) is 5.75 Å². The van der Waals surface area contributed by atoms with Crippen LogP contribution in [0, 0.1) is 23.3 Å². The van der Waals surface area contributed by atoms with Crippen molar-refractivity contribution in [1.29, 1.82) is 0 Å². The van der Waals surface area contributed by atoms with Crippen LogP contribution in [-0.2, 0) is 6.61 Å². The molecule has 2 aromatic rings. The third-order valence-electron chi connectivity index (χ3n) is 4.67. The van der Waals surface area contributed by atoms with Crippen LogP contribution in [-0.4, -0.2) is 36.5 Å². The van der Waals surface area contributed by atoms with E-state index in [1.54, 1.807) is 0 Å². The second kappa shape index (κ2) is 9.30. The summed E-state index contributed by atoms with van der Waals surface area (Å²) in [7, 11) is 0. The molecule has 0 radical (unpaired) electrons. The zero-order chi connectivity index (χ0) is 21.0. The van der Waals surface area contributed by atoms with Gasteiger partial charge >= 0.3 is 0 Å². The van der Waals surface area contributed by atoms with Gasteiger partial charge in [0.1, 0.15) is 12.4 Å². The minimum Gasteiger partial charge on any atom is -0.479 e. The third-order valence-corrected chi connectivity index (χ3v) is 4.67. The van der Waals surface area contributed by atoms with Crippen molar-refractivity contribution in [3.8, 4) is 5.75 Å². The molecule has 3 rings (SSSR count). The number of likely N-dealkylation sites (tertiary alicyclic amines) is 1. The molecule has 1 aliphatic rings. The topological polar surface area (TPSA) is 54.7 Å². The molecular weight excluding hydrogens is 392 g/mol. The quantitative estimate of drug-likeness (QED) is 0.549. The lowest BCUT2D eigenvalue weighted by molar-refractivity contribution is 0.0893. The van der Waals surface area contributed by atoms with Gasteiger partial charge in [0.15, 0.2) is 23.1 Å². The van der Waals surface area contributed by atoms with E-state index >= 15 is 0 Å². The number of piperidine rings is 1. The Morgan fingerprint density at radius 2 is 1.79 bits per heavy atom. The molecule has 1 aliphatic heterocycles. The maximum absolute atomic E-state index is 13.6. The lowest BCUT2D eigenvalue weighted by atomic mass is 10.1. The number of carbonyl (C=O) groups is 1. The first-order chi connectivity index (χ1) is 13.8. The molecular formula is C20H22F4N2O3. The van der Waals surface area contributed by atoms with Gasteiger partial charge in [-0.25, -0.2) is 8.78 Å². The third kappa shape index (κ3) is 5.29. The zero-order valence-corrected chi connectivity index (χ0v) is 15.9. The van der Waals surface area contributed by atoms with Crippen LogP contribution in [0.15, 0.2) is 22.6 Å². The van der Waals surface area contributed by atoms with Crippen molar-refractivity contribution in [3.63, 3.8) is 0 Å². The maximum Gasteiger partial charge on any atom is 0.287 e. The van der Waals surface area contributed by atoms with Gasteiger partial charge in [0.05, 0.1) is 0 Å². The second-order valence-electron chi connectivity index (χ2n) is 7.09. The fraction of sp³-hybridized carbons (Fsp3) is 0.450. The summed E-state index contributed by atoms with van der Waals surface area (Å²) >= 11 is 0. The van der Waals surface area contributed by atoms with Gasteiger partial charge in [-0.15, -0.1) is 0 Å². The number of ether oxygens (including phenoxy) is 1. The molecule has 0 aliphatic carbocycles. The van der Waals surface area contributed by atoms with Crippen LogP contribution < -0.4 is 10.1 Å². The summed E-state index contributed by atoms with van der Waals surface area (Å²) in [5, 5.41) is 2.83. The maximum atomic E-state index is 13.6. The number of rotatable bonds is 7. The van der Waals surface area contributed by atoms with Crippen LogP contribution in [0.3, 0.4) is 0 Å². The molecule has 158 valence electrons. The normalized spacial score (nSPS) is 15.9. The molecule has 0 bridgehead atoms. The molecule has 29 heavy (non-hydrogen) atoms. The molecule has 1 aromatic heterocycles. The molecule has 0 saturated carbocycles. The highest BCUT2D eigenvalue weighted by Gasteiger charge is 2.22. The van der Waals surface area contributed by atoms with E-state index in [1.807, 2.05) is 6.92 Å². The molecule has 0 unspecified atom stereocenters. The average Bonchev–Trinajstić information content (AvgIpc) is 3.16. The van der Waals surface area contributed by atoms with Gasteiger partial charge in [-0.3, -0.25) is 4.79 Å². The first-order valence-electron chi connectivity index (χ1n) is 9.43. The van der Waals surface area contributed by atoms with E-state index in [2.05, 4.69) is 10.2 Å². The molecule has 0 spiro atoms. The van der Waals surface area contributed by atoms with Gasteiger partial charge in [0.2, 0.25) is 11.6 Å². The Morgan fingerprint density at radius 3 is 2.45 bits per heavy atom. The van der Waals surface area contributed by atoms with E-state index in [4.69, 9.17) is 9.15 Å². The van der Waals surface area contributed by atoms with Crippen LogP contribution >= 0.6 is 0 Å². The van der Waals surface area contributed by atoms with Crippen molar-refractivity contribution in [2.45, 2.75) is 38.8 Å². The van der Waals surface area contributed by atoms with Crippen molar-refractivity contribution in [3.05, 3.63) is 53.0 Å². The van der Waals surface area contributed by atoms with Crippen molar-refractivity contribution >= 4 is 5.91 Å². The fourth-order valence-electron chi connectivity index (χ4n) is 3.27.